The number of nitrogens with one attached hydrogen (secondary N) is 1. The maximum absolute atomic E-state index is 12.3. The summed E-state index contributed by atoms with van der Waals surface area (Å²) in [6.45, 7) is 1.30. The number of nitrogen functional groups attached to an aromatic ring is 1. The fraction of sp³-hybridized carbons (Fsp3) is 0.263. The average Bonchev–Trinajstić information content (AvgIpc) is 2.68. The molecule has 0 spiro atoms. The number of ketones is 1. The van der Waals surface area contributed by atoms with Crippen molar-refractivity contribution in [2.45, 2.75) is 19.9 Å². The summed E-state index contributed by atoms with van der Waals surface area (Å²) in [4.78, 5) is 49.9. The Hall–Kier alpha value is -3.82. The number of carbonyl (C=O) groups is 2. The van der Waals surface area contributed by atoms with Crippen molar-refractivity contribution in [2.24, 2.45) is 0 Å². The van der Waals surface area contributed by atoms with E-state index in [-0.39, 0.29) is 23.9 Å². The van der Waals surface area contributed by atoms with Crippen LogP contribution in [0.5, 0.6) is 11.5 Å². The summed E-state index contributed by atoms with van der Waals surface area (Å²) in [6, 6.07) is 4.44. The average molecular weight is 403 g/mol. The lowest BCUT2D eigenvalue weighted by molar-refractivity contribution is -0.136. The molecule has 0 radical (unpaired) electrons. The molecule has 0 aliphatic heterocycles. The number of phenolic OH excluding ortho intramolecular Hbond substituents is 1. The van der Waals surface area contributed by atoms with Crippen LogP contribution < -0.4 is 21.7 Å². The molecule has 0 saturated carbocycles. The molecule has 0 fully saturated rings. The molecule has 4 N–H and O–H groups in total. The van der Waals surface area contributed by atoms with E-state index in [1.165, 1.54) is 25.3 Å². The van der Waals surface area contributed by atoms with Crippen LogP contribution in [0.1, 0.15) is 29.3 Å². The lowest BCUT2D eigenvalue weighted by Crippen LogP contribution is -2.37. The van der Waals surface area contributed by atoms with Crippen molar-refractivity contribution >= 4 is 23.6 Å². The van der Waals surface area contributed by atoms with Crippen molar-refractivity contribution in [1.82, 2.24) is 9.55 Å². The summed E-state index contributed by atoms with van der Waals surface area (Å²) in [5, 5.41) is 9.54. The summed E-state index contributed by atoms with van der Waals surface area (Å²) >= 11 is 0. The lowest BCUT2D eigenvalue weighted by Gasteiger charge is -2.11. The number of aromatic nitrogens is 2. The molecule has 0 bridgehead atoms. The van der Waals surface area contributed by atoms with Crippen LogP contribution in [0.25, 0.3) is 6.08 Å². The van der Waals surface area contributed by atoms with Crippen molar-refractivity contribution in [1.29, 1.82) is 0 Å². The minimum Gasteiger partial charge on any atom is -0.504 e. The summed E-state index contributed by atoms with van der Waals surface area (Å²) < 4.78 is 10.9. The first-order valence-electron chi connectivity index (χ1n) is 8.66. The van der Waals surface area contributed by atoms with Crippen LogP contribution in [0.3, 0.4) is 0 Å². The fourth-order valence-corrected chi connectivity index (χ4v) is 2.52. The molecule has 0 amide bonds. The Labute approximate surface area is 165 Å². The van der Waals surface area contributed by atoms with Crippen LogP contribution in [-0.4, -0.2) is 40.1 Å². The number of anilines is 1. The third-order valence-electron chi connectivity index (χ3n) is 3.93. The zero-order valence-electron chi connectivity index (χ0n) is 15.9. The Kier molecular flexibility index (Phi) is 6.96. The quantitative estimate of drug-likeness (QED) is 0.330. The van der Waals surface area contributed by atoms with Crippen LogP contribution in [-0.2, 0) is 16.1 Å². The van der Waals surface area contributed by atoms with Crippen molar-refractivity contribution in [3.05, 3.63) is 56.2 Å². The molecule has 1 aromatic carbocycles. The molecule has 29 heavy (non-hydrogen) atoms. The highest BCUT2D eigenvalue weighted by Gasteiger charge is 2.20. The van der Waals surface area contributed by atoms with Gasteiger partial charge in [-0.3, -0.25) is 19.1 Å². The van der Waals surface area contributed by atoms with Gasteiger partial charge in [-0.25, -0.2) is 9.59 Å². The predicted molar refractivity (Wildman–Crippen MR) is 105 cm³/mol. The van der Waals surface area contributed by atoms with Crippen LogP contribution >= 0.6 is 0 Å². The Morgan fingerprint density at radius 3 is 2.69 bits per heavy atom. The molecular formula is C19H21N3O7. The van der Waals surface area contributed by atoms with E-state index in [0.717, 1.165) is 10.6 Å². The van der Waals surface area contributed by atoms with Gasteiger partial charge in [0.05, 0.1) is 7.11 Å². The first kappa shape index (κ1) is 21.5. The number of nitrogens with zero attached hydrogens (tertiary/aromatic N) is 1. The number of hydrogen-bond donors (Lipinski definition) is 3. The third kappa shape index (κ3) is 5.12. The Morgan fingerprint density at radius 2 is 2.03 bits per heavy atom. The number of rotatable bonds is 8. The Bertz CT molecular complexity index is 1070. The van der Waals surface area contributed by atoms with Crippen molar-refractivity contribution in [2.75, 3.05) is 19.5 Å². The van der Waals surface area contributed by atoms with E-state index in [1.54, 1.807) is 13.0 Å². The van der Waals surface area contributed by atoms with Crippen LogP contribution in [0.4, 0.5) is 5.82 Å². The number of carbonyl (C=O) groups excluding carboxylic acids is 2. The zero-order valence-corrected chi connectivity index (χ0v) is 15.9. The van der Waals surface area contributed by atoms with Crippen molar-refractivity contribution < 1.29 is 24.2 Å². The molecule has 0 aliphatic carbocycles. The van der Waals surface area contributed by atoms with Crippen LogP contribution in [0.2, 0.25) is 0 Å². The first-order chi connectivity index (χ1) is 13.8. The summed E-state index contributed by atoms with van der Waals surface area (Å²) in [6.07, 6.45) is 3.04. The SMILES string of the molecule is CCCn1c(N)c(C(=O)COC(=O)/C=C/c2ccc(O)c(OC)c2)c(=O)[nH]c1=O. The molecule has 154 valence electrons. The lowest BCUT2D eigenvalue weighted by atomic mass is 10.2. The standard InChI is InChI=1S/C19H21N3O7/c1-3-8-22-17(20)16(18(26)21-19(22)27)13(24)10-29-15(25)7-5-11-4-6-12(23)14(9-11)28-2/h4-7,9,23H,3,8,10,20H2,1-2H3,(H,21,26,27)/b7-5+. The van der Waals surface area contributed by atoms with Gasteiger partial charge in [-0.15, -0.1) is 0 Å². The number of methoxy groups -OCH3 is 1. The van der Waals surface area contributed by atoms with Gasteiger partial charge < -0.3 is 20.3 Å². The molecule has 0 atom stereocenters. The topological polar surface area (TPSA) is 154 Å². The number of Topliss-reactive ketones (excluding diaryl/α,β-unsaturated/α-hetero) is 1. The van der Waals surface area contributed by atoms with Gasteiger partial charge in [-0.05, 0) is 30.2 Å². The molecule has 1 heterocycles. The third-order valence-corrected chi connectivity index (χ3v) is 3.93. The van der Waals surface area contributed by atoms with Crippen molar-refractivity contribution in [3.8, 4) is 11.5 Å². The van der Waals surface area contributed by atoms with E-state index in [9.17, 15) is 24.3 Å². The zero-order chi connectivity index (χ0) is 21.6. The highest BCUT2D eigenvalue weighted by Crippen LogP contribution is 2.26. The van der Waals surface area contributed by atoms with Crippen LogP contribution in [0.15, 0.2) is 33.9 Å². The van der Waals surface area contributed by atoms with E-state index in [0.29, 0.717) is 12.0 Å². The van der Waals surface area contributed by atoms with Gasteiger partial charge >= 0.3 is 11.7 Å². The second-order valence-electron chi connectivity index (χ2n) is 5.97. The van der Waals surface area contributed by atoms with Gasteiger partial charge in [0, 0.05) is 12.6 Å². The van der Waals surface area contributed by atoms with Gasteiger partial charge in [0.2, 0.25) is 5.78 Å². The minimum absolute atomic E-state index is 0.0509. The van der Waals surface area contributed by atoms with E-state index in [2.05, 4.69) is 0 Å². The second-order valence-corrected chi connectivity index (χ2v) is 5.97. The number of phenols is 1. The number of nitrogens with two attached hydrogens (primary N) is 1. The van der Waals surface area contributed by atoms with Gasteiger partial charge in [0.15, 0.2) is 18.1 Å². The van der Waals surface area contributed by atoms with E-state index < -0.39 is 35.2 Å². The smallest absolute Gasteiger partial charge is 0.331 e. The van der Waals surface area contributed by atoms with E-state index >= 15 is 0 Å². The summed E-state index contributed by atoms with van der Waals surface area (Å²) in [5.41, 5.74) is 4.26. The first-order valence-corrected chi connectivity index (χ1v) is 8.66. The monoisotopic (exact) mass is 403 g/mol. The largest absolute Gasteiger partial charge is 0.504 e. The Balaban J connectivity index is 2.09. The molecular weight excluding hydrogens is 382 g/mol. The number of aromatic amines is 1. The second kappa shape index (κ2) is 9.40. The number of benzene rings is 1. The van der Waals surface area contributed by atoms with Gasteiger partial charge in [-0.1, -0.05) is 13.0 Å². The number of hydrogen-bond acceptors (Lipinski definition) is 8. The highest BCUT2D eigenvalue weighted by molar-refractivity contribution is 6.01. The fourth-order valence-electron chi connectivity index (χ4n) is 2.52. The number of aromatic hydroxyl groups is 1. The number of ether oxygens (including phenoxy) is 2. The molecule has 0 unspecified atom stereocenters. The highest BCUT2D eigenvalue weighted by atomic mass is 16.5. The van der Waals surface area contributed by atoms with E-state index in [1.807, 2.05) is 4.98 Å². The maximum atomic E-state index is 12.3. The molecule has 0 saturated heterocycles. The van der Waals surface area contributed by atoms with E-state index in [4.69, 9.17) is 15.2 Å². The summed E-state index contributed by atoms with van der Waals surface area (Å²) in [7, 11) is 1.39. The predicted octanol–water partition coefficient (Wildman–Crippen LogP) is 0.682. The normalized spacial score (nSPS) is 10.8. The molecule has 2 aromatic rings. The van der Waals surface area contributed by atoms with Gasteiger partial charge in [-0.2, -0.15) is 0 Å². The number of esters is 1. The number of H-pyrrole nitrogens is 1. The molecule has 0 aliphatic rings. The summed E-state index contributed by atoms with van der Waals surface area (Å²) in [5.74, 6) is -1.75. The van der Waals surface area contributed by atoms with Gasteiger partial charge in [0.1, 0.15) is 11.4 Å². The Morgan fingerprint density at radius 1 is 1.31 bits per heavy atom. The maximum Gasteiger partial charge on any atom is 0.331 e. The molecule has 1 aromatic heterocycles. The molecule has 2 rings (SSSR count). The minimum atomic E-state index is -0.937. The molecule has 10 heteroatoms. The van der Waals surface area contributed by atoms with Crippen LogP contribution in [0, 0.1) is 0 Å². The van der Waals surface area contributed by atoms with Crippen molar-refractivity contribution in [3.63, 3.8) is 0 Å². The molecule has 10 nitrogen and oxygen atoms in total. The van der Waals surface area contributed by atoms with Gasteiger partial charge in [0.25, 0.3) is 5.56 Å².